The average molecular weight is 370 g/mol. The molecule has 1 unspecified atom stereocenters. The fourth-order valence-electron chi connectivity index (χ4n) is 3.36. The zero-order chi connectivity index (χ0) is 17.0. The molecule has 0 radical (unpaired) electrons. The van der Waals surface area contributed by atoms with Gasteiger partial charge in [0.25, 0.3) is 0 Å². The smallest absolute Gasteiger partial charge is 0.545 e. The van der Waals surface area contributed by atoms with Gasteiger partial charge in [0, 0.05) is 30.7 Å². The molecule has 1 atom stereocenters. The molecule has 1 aromatic carbocycles. The fraction of sp³-hybridized carbons (Fsp3) is 0.412. The van der Waals surface area contributed by atoms with Crippen molar-refractivity contribution in [2.24, 2.45) is 0 Å². The Kier molecular flexibility index (Phi) is 5.39. The first-order valence-corrected chi connectivity index (χ1v) is 7.98. The van der Waals surface area contributed by atoms with Crippen LogP contribution in [0, 0.1) is 5.82 Å². The van der Waals surface area contributed by atoms with Crippen molar-refractivity contribution in [2.75, 3.05) is 18.0 Å². The maximum atomic E-state index is 14.5. The molecule has 2 aromatic rings. The second kappa shape index (κ2) is 7.09. The molecular weight excluding hydrogens is 354 g/mol. The van der Waals surface area contributed by atoms with E-state index < -0.39 is 28.9 Å². The van der Waals surface area contributed by atoms with E-state index in [1.165, 1.54) is 6.20 Å². The second-order valence-corrected chi connectivity index (χ2v) is 6.51. The number of aliphatic hydroxyl groups excluding tert-OH is 1. The normalized spacial score (nSPS) is 19.9. The average Bonchev–Trinajstić information content (AvgIpc) is 3.28. The first-order valence-electron chi connectivity index (χ1n) is 7.98. The van der Waals surface area contributed by atoms with E-state index in [1.54, 1.807) is 15.5 Å². The van der Waals surface area contributed by atoms with Crippen LogP contribution in [0.15, 0.2) is 23.1 Å². The van der Waals surface area contributed by atoms with Gasteiger partial charge in [-0.25, -0.2) is 4.39 Å². The fourth-order valence-corrected chi connectivity index (χ4v) is 3.36. The van der Waals surface area contributed by atoms with Crippen molar-refractivity contribution in [1.29, 1.82) is 0 Å². The maximum absolute atomic E-state index is 14.5. The number of anilines is 1. The summed E-state index contributed by atoms with van der Waals surface area (Å²) < 4.78 is 16.3. The van der Waals surface area contributed by atoms with Crippen molar-refractivity contribution in [3.05, 3.63) is 39.9 Å². The van der Waals surface area contributed by atoms with E-state index in [2.05, 4.69) is 0 Å². The van der Waals surface area contributed by atoms with Crippen molar-refractivity contribution in [3.8, 4) is 0 Å². The van der Waals surface area contributed by atoms with Gasteiger partial charge in [-0.3, -0.25) is 4.79 Å². The number of pyridine rings is 1. The van der Waals surface area contributed by atoms with Crippen LogP contribution < -0.4 is 66.8 Å². The number of nitrogens with zero attached hydrogens (tertiary/aromatic N) is 2. The van der Waals surface area contributed by atoms with Crippen molar-refractivity contribution < 1.29 is 70.8 Å². The molecule has 0 bridgehead atoms. The van der Waals surface area contributed by atoms with E-state index in [-0.39, 0.29) is 62.8 Å². The number of halogens is 1. The molecule has 1 aliphatic heterocycles. The van der Waals surface area contributed by atoms with Crippen LogP contribution in [0.3, 0.4) is 0 Å². The van der Waals surface area contributed by atoms with Gasteiger partial charge >= 0.3 is 51.4 Å². The number of benzene rings is 1. The number of aromatic carboxylic acids is 1. The third-order valence-electron chi connectivity index (χ3n) is 4.76. The van der Waals surface area contributed by atoms with E-state index in [0.717, 1.165) is 18.9 Å². The van der Waals surface area contributed by atoms with Gasteiger partial charge < -0.3 is 24.5 Å². The van der Waals surface area contributed by atoms with E-state index in [1.807, 2.05) is 0 Å². The summed E-state index contributed by atoms with van der Waals surface area (Å²) in [5.74, 6) is -2.14. The number of carbonyl (C=O) groups is 1. The third-order valence-corrected chi connectivity index (χ3v) is 4.76. The summed E-state index contributed by atoms with van der Waals surface area (Å²) in [5, 5.41) is 20.9. The number of carboxylic acid groups (broad SMARTS) is 1. The van der Waals surface area contributed by atoms with Crippen LogP contribution in [0.1, 0.15) is 35.7 Å². The quantitative estimate of drug-likeness (QED) is 0.600. The third kappa shape index (κ3) is 3.43. The molecule has 1 N–H and O–H groups in total. The Hall–Kier alpha value is -0.774. The van der Waals surface area contributed by atoms with Gasteiger partial charge in [0.15, 0.2) is 5.43 Å². The molecule has 2 heterocycles. The SMILES string of the molecule is O=C([O-])c1cn(C2CC2)c2cc(N3CCC(O)C3)c(F)cc2c1=O.[K+]. The summed E-state index contributed by atoms with van der Waals surface area (Å²) in [6.45, 7) is 0.877. The van der Waals surface area contributed by atoms with Gasteiger partial charge in [0.2, 0.25) is 0 Å². The van der Waals surface area contributed by atoms with Crippen molar-refractivity contribution >= 4 is 22.6 Å². The maximum Gasteiger partial charge on any atom is 1.00 e. The molecule has 1 saturated carbocycles. The molecule has 1 saturated heterocycles. The molecule has 1 aromatic heterocycles. The van der Waals surface area contributed by atoms with Crippen LogP contribution in [0.5, 0.6) is 0 Å². The largest absolute Gasteiger partial charge is 1.00 e. The number of aliphatic hydroxyl groups is 1. The Morgan fingerprint density at radius 1 is 1.28 bits per heavy atom. The topological polar surface area (TPSA) is 85.6 Å². The van der Waals surface area contributed by atoms with Gasteiger partial charge in [0.1, 0.15) is 5.82 Å². The molecule has 6 nitrogen and oxygen atoms in total. The Morgan fingerprint density at radius 3 is 2.56 bits per heavy atom. The Balaban J connectivity index is 0.00000182. The van der Waals surface area contributed by atoms with Crippen molar-refractivity contribution in [2.45, 2.75) is 31.4 Å². The predicted molar refractivity (Wildman–Crippen MR) is 83.6 cm³/mol. The van der Waals surface area contributed by atoms with Crippen LogP contribution in [-0.2, 0) is 0 Å². The number of hydrogen-bond donors (Lipinski definition) is 1. The minimum Gasteiger partial charge on any atom is -0.545 e. The number of fused-ring (bicyclic) bond motifs is 1. The standard InChI is InChI=1S/C17H17FN2O4.K/c18-13-5-11-14(6-15(13)19-4-3-10(21)7-19)20(9-1-2-9)8-12(16(11)22)17(23)24;/h5-6,8-10,21H,1-4,7H2,(H,23,24);/q;+1/p-1. The summed E-state index contributed by atoms with van der Waals surface area (Å²) in [6, 6.07) is 2.80. The first kappa shape index (κ1) is 19.0. The van der Waals surface area contributed by atoms with Gasteiger partial charge in [-0.05, 0) is 31.4 Å². The number of β-amino-alcohol motifs (C(OH)–C–C–N with tert-alkyl or cyclic N) is 1. The number of aromatic nitrogens is 1. The molecule has 126 valence electrons. The van der Waals surface area contributed by atoms with E-state index >= 15 is 0 Å². The van der Waals surface area contributed by atoms with Crippen LogP contribution in [0.2, 0.25) is 0 Å². The van der Waals surface area contributed by atoms with Crippen molar-refractivity contribution in [3.63, 3.8) is 0 Å². The number of hydrogen-bond acceptors (Lipinski definition) is 5. The van der Waals surface area contributed by atoms with Crippen LogP contribution in [-0.4, -0.2) is 34.8 Å². The van der Waals surface area contributed by atoms with Gasteiger partial charge in [-0.15, -0.1) is 0 Å². The number of carboxylic acids is 1. The van der Waals surface area contributed by atoms with Gasteiger partial charge in [0.05, 0.1) is 28.8 Å². The minimum atomic E-state index is -1.55. The molecular formula is C17H16FKN2O4. The number of carbonyl (C=O) groups excluding carboxylic acids is 1. The molecule has 8 heteroatoms. The molecule has 2 aliphatic rings. The summed E-state index contributed by atoms with van der Waals surface area (Å²) >= 11 is 0. The van der Waals surface area contributed by atoms with Crippen LogP contribution in [0.4, 0.5) is 10.1 Å². The monoisotopic (exact) mass is 370 g/mol. The zero-order valence-electron chi connectivity index (χ0n) is 13.9. The van der Waals surface area contributed by atoms with E-state index in [9.17, 15) is 24.2 Å². The molecule has 1 aliphatic carbocycles. The second-order valence-electron chi connectivity index (χ2n) is 6.51. The summed E-state index contributed by atoms with van der Waals surface area (Å²) in [7, 11) is 0. The molecule has 25 heavy (non-hydrogen) atoms. The summed E-state index contributed by atoms with van der Waals surface area (Å²) in [5.41, 5.74) is -0.328. The van der Waals surface area contributed by atoms with E-state index in [4.69, 9.17) is 0 Å². The first-order chi connectivity index (χ1) is 11.5. The van der Waals surface area contributed by atoms with Crippen LogP contribution >= 0.6 is 0 Å². The minimum absolute atomic E-state index is 0. The Morgan fingerprint density at radius 2 is 2.00 bits per heavy atom. The summed E-state index contributed by atoms with van der Waals surface area (Å²) in [6.07, 6.45) is 3.15. The zero-order valence-corrected chi connectivity index (χ0v) is 17.0. The van der Waals surface area contributed by atoms with Gasteiger partial charge in [-0.1, -0.05) is 0 Å². The molecule has 0 amide bonds. The molecule has 0 spiro atoms. The Labute approximate surface area is 185 Å². The van der Waals surface area contributed by atoms with Crippen molar-refractivity contribution in [1.82, 2.24) is 4.57 Å². The summed E-state index contributed by atoms with van der Waals surface area (Å²) in [4.78, 5) is 25.3. The predicted octanol–water partition coefficient (Wildman–Crippen LogP) is -2.59. The molecule has 4 rings (SSSR count). The molecule has 2 fully saturated rings. The van der Waals surface area contributed by atoms with Crippen LogP contribution in [0.25, 0.3) is 10.9 Å². The number of rotatable bonds is 3. The van der Waals surface area contributed by atoms with Gasteiger partial charge in [-0.2, -0.15) is 0 Å². The Bertz CT molecular complexity index is 910. The van der Waals surface area contributed by atoms with E-state index in [0.29, 0.717) is 30.7 Å².